The summed E-state index contributed by atoms with van der Waals surface area (Å²) in [5.74, 6) is -0.0792. The number of rotatable bonds is 5. The Hall–Kier alpha value is -1.10. The number of hydrogen-bond acceptors (Lipinski definition) is 3. The minimum Gasteiger partial charge on any atom is -0.494 e. The second-order valence-corrected chi connectivity index (χ2v) is 6.39. The van der Waals surface area contributed by atoms with Gasteiger partial charge in [0.05, 0.1) is 11.4 Å². The third kappa shape index (κ3) is 3.51. The molecule has 2 unspecified atom stereocenters. The van der Waals surface area contributed by atoms with E-state index in [1.54, 1.807) is 17.4 Å². The van der Waals surface area contributed by atoms with E-state index in [1.165, 1.54) is 13.2 Å². The molecule has 0 amide bonds. The summed E-state index contributed by atoms with van der Waals surface area (Å²) in [5, 5.41) is 3.43. The predicted molar refractivity (Wildman–Crippen MR) is 82.2 cm³/mol. The lowest BCUT2D eigenvalue weighted by atomic mass is 10.1. The first kappa shape index (κ1) is 15.3. The molecular formula is C15H17ClFNOS. The van der Waals surface area contributed by atoms with Gasteiger partial charge >= 0.3 is 0 Å². The Labute approximate surface area is 127 Å². The Bertz CT molecular complexity index is 587. The van der Waals surface area contributed by atoms with Gasteiger partial charge in [0.25, 0.3) is 0 Å². The Morgan fingerprint density at radius 2 is 1.95 bits per heavy atom. The molecule has 2 nitrogen and oxygen atoms in total. The van der Waals surface area contributed by atoms with Crippen LogP contribution in [-0.2, 0) is 0 Å². The topological polar surface area (TPSA) is 21.3 Å². The van der Waals surface area contributed by atoms with E-state index in [9.17, 15) is 4.39 Å². The summed E-state index contributed by atoms with van der Waals surface area (Å²) in [6.07, 6.45) is 0. The molecule has 1 aromatic carbocycles. The maximum Gasteiger partial charge on any atom is 0.165 e. The molecule has 1 aromatic heterocycles. The lowest BCUT2D eigenvalue weighted by Crippen LogP contribution is -2.21. The maximum absolute atomic E-state index is 13.7. The fourth-order valence-electron chi connectivity index (χ4n) is 2.07. The predicted octanol–water partition coefficient (Wildman–Crippen LogP) is 4.96. The summed E-state index contributed by atoms with van der Waals surface area (Å²) >= 11 is 7.49. The highest BCUT2D eigenvalue weighted by Gasteiger charge is 2.14. The van der Waals surface area contributed by atoms with Crippen molar-refractivity contribution in [1.29, 1.82) is 0 Å². The van der Waals surface area contributed by atoms with E-state index in [4.69, 9.17) is 16.3 Å². The molecular weight excluding hydrogens is 297 g/mol. The molecule has 1 heterocycles. The third-order valence-electron chi connectivity index (χ3n) is 3.20. The van der Waals surface area contributed by atoms with Crippen LogP contribution in [0.4, 0.5) is 4.39 Å². The number of ether oxygens (including phenoxy) is 1. The quantitative estimate of drug-likeness (QED) is 0.842. The molecule has 0 spiro atoms. The molecule has 108 valence electrons. The SMILES string of the molecule is COc1ccc(C(C)NC(C)c2ccc(Cl)s2)cc1F. The van der Waals surface area contributed by atoms with Crippen molar-refractivity contribution in [2.24, 2.45) is 0 Å². The van der Waals surface area contributed by atoms with Gasteiger partial charge < -0.3 is 10.1 Å². The van der Waals surface area contributed by atoms with Gasteiger partial charge in [0, 0.05) is 17.0 Å². The van der Waals surface area contributed by atoms with Crippen LogP contribution in [0, 0.1) is 5.82 Å². The van der Waals surface area contributed by atoms with Crippen molar-refractivity contribution in [2.45, 2.75) is 25.9 Å². The van der Waals surface area contributed by atoms with Gasteiger partial charge in [-0.3, -0.25) is 0 Å². The highest BCUT2D eigenvalue weighted by atomic mass is 35.5. The normalized spacial score (nSPS) is 14.1. The van der Waals surface area contributed by atoms with Crippen LogP contribution in [0.5, 0.6) is 5.75 Å². The first-order chi connectivity index (χ1) is 9.51. The van der Waals surface area contributed by atoms with E-state index in [1.807, 2.05) is 25.1 Å². The minimum atomic E-state index is -0.342. The molecule has 0 saturated heterocycles. The molecule has 2 rings (SSSR count). The van der Waals surface area contributed by atoms with E-state index in [2.05, 4.69) is 12.2 Å². The summed E-state index contributed by atoms with van der Waals surface area (Å²) in [5.41, 5.74) is 0.887. The highest BCUT2D eigenvalue weighted by Crippen LogP contribution is 2.29. The van der Waals surface area contributed by atoms with Gasteiger partial charge in [0.2, 0.25) is 0 Å². The van der Waals surface area contributed by atoms with Crippen LogP contribution < -0.4 is 10.1 Å². The van der Waals surface area contributed by atoms with Crippen LogP contribution >= 0.6 is 22.9 Å². The van der Waals surface area contributed by atoms with Crippen LogP contribution in [0.1, 0.15) is 36.4 Å². The standard InChI is InChI=1S/C15H17ClFNOS/c1-9(11-4-5-13(19-3)12(17)8-11)18-10(2)14-6-7-15(16)20-14/h4-10,18H,1-3H3. The smallest absolute Gasteiger partial charge is 0.165 e. The number of methoxy groups -OCH3 is 1. The Balaban J connectivity index is 2.07. The maximum atomic E-state index is 13.7. The molecule has 2 aromatic rings. The third-order valence-corrected chi connectivity index (χ3v) is 4.61. The van der Waals surface area contributed by atoms with Crippen molar-refractivity contribution in [3.05, 3.63) is 50.9 Å². The van der Waals surface area contributed by atoms with Crippen LogP contribution in [0.25, 0.3) is 0 Å². The van der Waals surface area contributed by atoms with Gasteiger partial charge in [-0.2, -0.15) is 0 Å². The number of thiophene rings is 1. The van der Waals surface area contributed by atoms with Gasteiger partial charge in [-0.05, 0) is 43.7 Å². The number of halogens is 2. The van der Waals surface area contributed by atoms with Crippen LogP contribution in [0.3, 0.4) is 0 Å². The summed E-state index contributed by atoms with van der Waals surface area (Å²) in [4.78, 5) is 1.16. The van der Waals surface area contributed by atoms with Crippen molar-refractivity contribution in [2.75, 3.05) is 7.11 Å². The fourth-order valence-corrected chi connectivity index (χ4v) is 3.14. The Morgan fingerprint density at radius 1 is 1.20 bits per heavy atom. The van der Waals surface area contributed by atoms with Crippen LogP contribution in [-0.4, -0.2) is 7.11 Å². The van der Waals surface area contributed by atoms with Gasteiger partial charge in [0.1, 0.15) is 0 Å². The average Bonchev–Trinajstić information content (AvgIpc) is 2.85. The second kappa shape index (κ2) is 6.57. The average molecular weight is 314 g/mol. The summed E-state index contributed by atoms with van der Waals surface area (Å²) < 4.78 is 19.4. The number of benzene rings is 1. The van der Waals surface area contributed by atoms with Crippen molar-refractivity contribution < 1.29 is 9.13 Å². The first-order valence-electron chi connectivity index (χ1n) is 6.36. The van der Waals surface area contributed by atoms with Gasteiger partial charge in [0.15, 0.2) is 11.6 Å². The van der Waals surface area contributed by atoms with E-state index in [-0.39, 0.29) is 23.7 Å². The molecule has 20 heavy (non-hydrogen) atoms. The molecule has 0 aliphatic carbocycles. The fraction of sp³-hybridized carbons (Fsp3) is 0.333. The molecule has 0 aliphatic rings. The first-order valence-corrected chi connectivity index (χ1v) is 7.55. The minimum absolute atomic E-state index is 0.0336. The molecule has 0 fully saturated rings. The van der Waals surface area contributed by atoms with Gasteiger partial charge in [-0.15, -0.1) is 11.3 Å². The molecule has 0 radical (unpaired) electrons. The number of hydrogen-bond donors (Lipinski definition) is 1. The van der Waals surface area contributed by atoms with Crippen molar-refractivity contribution in [3.63, 3.8) is 0 Å². The zero-order valence-electron chi connectivity index (χ0n) is 11.6. The number of nitrogens with one attached hydrogen (secondary N) is 1. The van der Waals surface area contributed by atoms with Crippen molar-refractivity contribution >= 4 is 22.9 Å². The molecule has 0 bridgehead atoms. The molecule has 5 heteroatoms. The second-order valence-electron chi connectivity index (χ2n) is 4.65. The highest BCUT2D eigenvalue weighted by molar-refractivity contribution is 7.16. The summed E-state index contributed by atoms with van der Waals surface area (Å²) in [6, 6.07) is 9.11. The van der Waals surface area contributed by atoms with Gasteiger partial charge in [-0.1, -0.05) is 17.7 Å². The monoisotopic (exact) mass is 313 g/mol. The van der Waals surface area contributed by atoms with E-state index >= 15 is 0 Å². The molecule has 0 aliphatic heterocycles. The summed E-state index contributed by atoms with van der Waals surface area (Å²) in [7, 11) is 1.46. The van der Waals surface area contributed by atoms with E-state index < -0.39 is 0 Å². The summed E-state index contributed by atoms with van der Waals surface area (Å²) in [6.45, 7) is 4.07. The zero-order valence-corrected chi connectivity index (χ0v) is 13.2. The molecule has 1 N–H and O–H groups in total. The lowest BCUT2D eigenvalue weighted by Gasteiger charge is -2.20. The molecule has 2 atom stereocenters. The van der Waals surface area contributed by atoms with Crippen molar-refractivity contribution in [1.82, 2.24) is 5.32 Å². The van der Waals surface area contributed by atoms with E-state index in [0.717, 1.165) is 14.8 Å². The molecule has 0 saturated carbocycles. The Morgan fingerprint density at radius 3 is 2.50 bits per heavy atom. The largest absolute Gasteiger partial charge is 0.494 e. The van der Waals surface area contributed by atoms with Gasteiger partial charge in [-0.25, -0.2) is 4.39 Å². The van der Waals surface area contributed by atoms with Crippen LogP contribution in [0.2, 0.25) is 4.34 Å². The lowest BCUT2D eigenvalue weighted by molar-refractivity contribution is 0.385. The zero-order chi connectivity index (χ0) is 14.7. The van der Waals surface area contributed by atoms with E-state index in [0.29, 0.717) is 0 Å². The van der Waals surface area contributed by atoms with Crippen molar-refractivity contribution in [3.8, 4) is 5.75 Å². The Kier molecular flexibility index (Phi) is 5.02. The van der Waals surface area contributed by atoms with Crippen LogP contribution in [0.15, 0.2) is 30.3 Å².